The van der Waals surface area contributed by atoms with Crippen molar-refractivity contribution in [3.05, 3.63) is 54.7 Å². The fraction of sp³-hybridized carbons (Fsp3) is 0.111. The van der Waals surface area contributed by atoms with Gasteiger partial charge in [0.2, 0.25) is 0 Å². The average Bonchev–Trinajstić information content (AvgIpc) is 2.89. The summed E-state index contributed by atoms with van der Waals surface area (Å²) in [6.45, 7) is 0. The van der Waals surface area contributed by atoms with Crippen molar-refractivity contribution in [2.24, 2.45) is 7.05 Å². The van der Waals surface area contributed by atoms with Gasteiger partial charge >= 0.3 is 0 Å². The van der Waals surface area contributed by atoms with Crippen LogP contribution in [0.15, 0.2) is 54.7 Å². The van der Waals surface area contributed by atoms with Crippen LogP contribution in [0.3, 0.4) is 0 Å². The lowest BCUT2D eigenvalue weighted by Gasteiger charge is -2.06. The van der Waals surface area contributed by atoms with E-state index in [4.69, 9.17) is 4.74 Å². The second-order valence-corrected chi connectivity index (χ2v) is 5.26. The molecule has 22 heavy (non-hydrogen) atoms. The van der Waals surface area contributed by atoms with Gasteiger partial charge in [-0.15, -0.1) is 5.10 Å². The monoisotopic (exact) mass is 289 g/mol. The minimum Gasteiger partial charge on any atom is -0.497 e. The van der Waals surface area contributed by atoms with Gasteiger partial charge in [-0.05, 0) is 30.3 Å². The molecule has 2 aromatic carbocycles. The van der Waals surface area contributed by atoms with Crippen LogP contribution in [0.4, 0.5) is 0 Å². The topological polar surface area (TPSA) is 39.9 Å². The third-order valence-corrected chi connectivity index (χ3v) is 4.08. The number of aromatic nitrogens is 3. The smallest absolute Gasteiger partial charge is 0.118 e. The molecule has 0 saturated heterocycles. The molecule has 0 aliphatic carbocycles. The highest BCUT2D eigenvalue weighted by Crippen LogP contribution is 2.33. The van der Waals surface area contributed by atoms with Crippen molar-refractivity contribution >= 4 is 21.8 Å². The molecule has 0 aliphatic heterocycles. The predicted molar refractivity (Wildman–Crippen MR) is 88.0 cm³/mol. The summed E-state index contributed by atoms with van der Waals surface area (Å²) in [4.78, 5) is 0. The summed E-state index contributed by atoms with van der Waals surface area (Å²) in [6, 6.07) is 16.3. The lowest BCUT2D eigenvalue weighted by molar-refractivity contribution is 0.415. The molecule has 0 fully saturated rings. The van der Waals surface area contributed by atoms with Gasteiger partial charge in [-0.1, -0.05) is 18.2 Å². The first-order valence-corrected chi connectivity index (χ1v) is 7.13. The molecule has 4 rings (SSSR count). The Bertz CT molecular complexity index is 971. The average molecular weight is 289 g/mol. The molecule has 0 bridgehead atoms. The zero-order valence-corrected chi connectivity index (χ0v) is 12.4. The second kappa shape index (κ2) is 4.84. The van der Waals surface area contributed by atoms with Gasteiger partial charge in [-0.25, -0.2) is 0 Å². The Morgan fingerprint density at radius 3 is 2.50 bits per heavy atom. The molecule has 0 spiro atoms. The summed E-state index contributed by atoms with van der Waals surface area (Å²) in [6.07, 6.45) is 1.84. The number of para-hydroxylation sites is 1. The molecule has 4 nitrogen and oxygen atoms in total. The SMILES string of the molecule is COc1ccc(-c2nncc3c4ccccc4n(C)c23)cc1. The summed E-state index contributed by atoms with van der Waals surface area (Å²) < 4.78 is 7.40. The van der Waals surface area contributed by atoms with Crippen LogP contribution in [0.1, 0.15) is 0 Å². The molecule has 0 amide bonds. The molecule has 4 aromatic rings. The Morgan fingerprint density at radius 1 is 0.955 bits per heavy atom. The Labute approximate surface area is 128 Å². The first-order valence-electron chi connectivity index (χ1n) is 7.13. The molecule has 0 atom stereocenters. The van der Waals surface area contributed by atoms with Gasteiger partial charge in [0.05, 0.1) is 18.8 Å². The maximum Gasteiger partial charge on any atom is 0.118 e. The number of rotatable bonds is 2. The Hall–Kier alpha value is -2.88. The summed E-state index contributed by atoms with van der Waals surface area (Å²) >= 11 is 0. The van der Waals surface area contributed by atoms with Crippen LogP contribution >= 0.6 is 0 Å². The van der Waals surface area contributed by atoms with Crippen LogP contribution in [-0.2, 0) is 7.05 Å². The van der Waals surface area contributed by atoms with Gasteiger partial charge in [0.15, 0.2) is 0 Å². The quantitative estimate of drug-likeness (QED) is 0.563. The van der Waals surface area contributed by atoms with Crippen molar-refractivity contribution in [2.75, 3.05) is 7.11 Å². The zero-order chi connectivity index (χ0) is 15.1. The van der Waals surface area contributed by atoms with E-state index < -0.39 is 0 Å². The fourth-order valence-electron chi connectivity index (χ4n) is 2.97. The van der Waals surface area contributed by atoms with Crippen molar-refractivity contribution in [2.45, 2.75) is 0 Å². The van der Waals surface area contributed by atoms with Crippen LogP contribution in [0.5, 0.6) is 5.75 Å². The number of fused-ring (bicyclic) bond motifs is 3. The first-order chi connectivity index (χ1) is 10.8. The third-order valence-electron chi connectivity index (χ3n) is 4.08. The van der Waals surface area contributed by atoms with Crippen LogP contribution in [0.2, 0.25) is 0 Å². The van der Waals surface area contributed by atoms with Gasteiger partial charge in [0.25, 0.3) is 0 Å². The normalized spacial score (nSPS) is 11.2. The van der Waals surface area contributed by atoms with Crippen LogP contribution in [0.25, 0.3) is 33.1 Å². The maximum atomic E-state index is 5.22. The molecule has 0 unspecified atom stereocenters. The van der Waals surface area contributed by atoms with E-state index in [0.29, 0.717) is 0 Å². The molecule has 2 heterocycles. The zero-order valence-electron chi connectivity index (χ0n) is 12.4. The number of aryl methyl sites for hydroxylation is 1. The van der Waals surface area contributed by atoms with Gasteiger partial charge in [-0.3, -0.25) is 0 Å². The van der Waals surface area contributed by atoms with Crippen molar-refractivity contribution in [3.63, 3.8) is 0 Å². The molecule has 4 heteroatoms. The number of nitrogens with zero attached hydrogens (tertiary/aromatic N) is 3. The summed E-state index contributed by atoms with van der Waals surface area (Å²) in [5.74, 6) is 0.834. The number of benzene rings is 2. The molecule has 0 N–H and O–H groups in total. The molecule has 0 aliphatic rings. The van der Waals surface area contributed by atoms with Crippen LogP contribution in [0, 0.1) is 0 Å². The molecular formula is C18H15N3O. The Balaban J connectivity index is 2.05. The van der Waals surface area contributed by atoms with Gasteiger partial charge in [-0.2, -0.15) is 5.10 Å². The second-order valence-electron chi connectivity index (χ2n) is 5.26. The van der Waals surface area contributed by atoms with Crippen molar-refractivity contribution in [1.29, 1.82) is 0 Å². The lowest BCUT2D eigenvalue weighted by Crippen LogP contribution is -1.94. The minimum atomic E-state index is 0.834. The van der Waals surface area contributed by atoms with Crippen molar-refractivity contribution in [1.82, 2.24) is 14.8 Å². The van der Waals surface area contributed by atoms with Gasteiger partial charge in [0.1, 0.15) is 11.4 Å². The molecular weight excluding hydrogens is 274 g/mol. The third kappa shape index (κ3) is 1.77. The highest BCUT2D eigenvalue weighted by atomic mass is 16.5. The van der Waals surface area contributed by atoms with Gasteiger partial charge < -0.3 is 9.30 Å². The van der Waals surface area contributed by atoms with E-state index in [1.54, 1.807) is 7.11 Å². The maximum absolute atomic E-state index is 5.22. The largest absolute Gasteiger partial charge is 0.497 e. The van der Waals surface area contributed by atoms with Crippen molar-refractivity contribution < 1.29 is 4.74 Å². The standard InChI is InChI=1S/C18H15N3O/c1-21-16-6-4-3-5-14(16)15-11-19-20-17(18(15)21)12-7-9-13(22-2)10-8-12/h3-11H,1-2H3. The molecule has 108 valence electrons. The molecule has 0 radical (unpaired) electrons. The minimum absolute atomic E-state index is 0.834. The molecule has 0 saturated carbocycles. The van der Waals surface area contributed by atoms with Crippen molar-refractivity contribution in [3.8, 4) is 17.0 Å². The Morgan fingerprint density at radius 2 is 1.73 bits per heavy atom. The summed E-state index contributed by atoms with van der Waals surface area (Å²) in [5.41, 5.74) is 4.20. The van der Waals surface area contributed by atoms with E-state index >= 15 is 0 Å². The highest BCUT2D eigenvalue weighted by Gasteiger charge is 2.14. The van der Waals surface area contributed by atoms with E-state index in [1.165, 1.54) is 10.9 Å². The number of methoxy groups -OCH3 is 1. The lowest BCUT2D eigenvalue weighted by atomic mass is 10.1. The van der Waals surface area contributed by atoms with E-state index in [2.05, 4.69) is 46.1 Å². The van der Waals surface area contributed by atoms with E-state index in [-0.39, 0.29) is 0 Å². The Kier molecular flexibility index (Phi) is 2.82. The fourth-order valence-corrected chi connectivity index (χ4v) is 2.97. The summed E-state index contributed by atoms with van der Waals surface area (Å²) in [7, 11) is 3.73. The predicted octanol–water partition coefficient (Wildman–Crippen LogP) is 3.80. The number of hydrogen-bond acceptors (Lipinski definition) is 3. The van der Waals surface area contributed by atoms with E-state index in [1.807, 2.05) is 30.5 Å². The van der Waals surface area contributed by atoms with Crippen LogP contribution < -0.4 is 4.74 Å². The van der Waals surface area contributed by atoms with Gasteiger partial charge in [0, 0.05) is 28.9 Å². The molecule has 2 aromatic heterocycles. The number of hydrogen-bond donors (Lipinski definition) is 0. The highest BCUT2D eigenvalue weighted by molar-refractivity contribution is 6.11. The first kappa shape index (κ1) is 12.8. The number of ether oxygens (including phenoxy) is 1. The van der Waals surface area contributed by atoms with E-state index in [0.717, 1.165) is 27.9 Å². The van der Waals surface area contributed by atoms with Crippen LogP contribution in [-0.4, -0.2) is 21.9 Å². The summed E-state index contributed by atoms with van der Waals surface area (Å²) in [5, 5.41) is 10.9. The van der Waals surface area contributed by atoms with E-state index in [9.17, 15) is 0 Å².